The summed E-state index contributed by atoms with van der Waals surface area (Å²) in [7, 11) is 0. The smallest absolute Gasteiger partial charge is 0.0568 e. The first kappa shape index (κ1) is 9.79. The van der Waals surface area contributed by atoms with E-state index in [2.05, 4.69) is 26.0 Å². The van der Waals surface area contributed by atoms with Gasteiger partial charge in [-0.1, -0.05) is 26.0 Å². The van der Waals surface area contributed by atoms with Crippen LogP contribution in [0, 0.1) is 11.3 Å². The zero-order valence-corrected chi connectivity index (χ0v) is 8.38. The van der Waals surface area contributed by atoms with Crippen LogP contribution in [0.1, 0.15) is 40.0 Å². The number of allylic oxidation sites excluding steroid dienone is 2. The summed E-state index contributed by atoms with van der Waals surface area (Å²) in [5.74, 6) is 0.561. The molecule has 1 rings (SSSR count). The van der Waals surface area contributed by atoms with Crippen molar-refractivity contribution in [3.63, 3.8) is 0 Å². The molecule has 0 radical (unpaired) electrons. The predicted molar refractivity (Wildman–Crippen MR) is 51.9 cm³/mol. The van der Waals surface area contributed by atoms with Crippen molar-refractivity contribution in [3.05, 3.63) is 12.2 Å². The van der Waals surface area contributed by atoms with E-state index in [1.165, 1.54) is 19.3 Å². The van der Waals surface area contributed by atoms with Crippen LogP contribution in [0.4, 0.5) is 0 Å². The summed E-state index contributed by atoms with van der Waals surface area (Å²) in [6.45, 7) is 6.19. The highest BCUT2D eigenvalue weighted by molar-refractivity contribution is 5.00. The maximum absolute atomic E-state index is 9.60. The van der Waals surface area contributed by atoms with Crippen LogP contribution in [0.25, 0.3) is 0 Å². The molecule has 0 aromatic heterocycles. The number of rotatable bonds is 2. The van der Waals surface area contributed by atoms with Gasteiger partial charge in [-0.05, 0) is 37.5 Å². The molecule has 0 amide bonds. The van der Waals surface area contributed by atoms with E-state index in [1.807, 2.05) is 6.92 Å². The molecule has 1 aliphatic rings. The molecule has 0 saturated carbocycles. The zero-order valence-electron chi connectivity index (χ0n) is 8.38. The lowest BCUT2D eigenvalue weighted by molar-refractivity contribution is 0.0305. The van der Waals surface area contributed by atoms with Crippen molar-refractivity contribution in [3.8, 4) is 0 Å². The van der Waals surface area contributed by atoms with Gasteiger partial charge in [0, 0.05) is 0 Å². The maximum Gasteiger partial charge on any atom is 0.0568 e. The average molecular weight is 168 g/mol. The third kappa shape index (κ3) is 1.89. The fourth-order valence-electron chi connectivity index (χ4n) is 1.74. The molecular weight excluding hydrogens is 148 g/mol. The lowest BCUT2D eigenvalue weighted by Gasteiger charge is -2.36. The van der Waals surface area contributed by atoms with Crippen molar-refractivity contribution in [1.29, 1.82) is 0 Å². The summed E-state index contributed by atoms with van der Waals surface area (Å²) in [6.07, 6.45) is 8.03. The molecule has 1 nitrogen and oxygen atoms in total. The van der Waals surface area contributed by atoms with Crippen molar-refractivity contribution in [2.75, 3.05) is 0 Å². The Morgan fingerprint density at radius 1 is 1.50 bits per heavy atom. The molecule has 2 unspecified atom stereocenters. The van der Waals surface area contributed by atoms with Gasteiger partial charge in [-0.15, -0.1) is 0 Å². The van der Waals surface area contributed by atoms with Crippen LogP contribution in [0.15, 0.2) is 12.2 Å². The van der Waals surface area contributed by atoms with Gasteiger partial charge in [0.1, 0.15) is 0 Å². The topological polar surface area (TPSA) is 20.2 Å². The third-order valence-corrected chi connectivity index (χ3v) is 3.29. The highest BCUT2D eigenvalue weighted by atomic mass is 16.3. The van der Waals surface area contributed by atoms with Gasteiger partial charge >= 0.3 is 0 Å². The van der Waals surface area contributed by atoms with Crippen molar-refractivity contribution in [1.82, 2.24) is 0 Å². The van der Waals surface area contributed by atoms with Crippen LogP contribution < -0.4 is 0 Å². The number of hydrogen-bond donors (Lipinski definition) is 1. The summed E-state index contributed by atoms with van der Waals surface area (Å²) in [4.78, 5) is 0. The zero-order chi connectivity index (χ0) is 9.19. The minimum Gasteiger partial charge on any atom is -0.393 e. The largest absolute Gasteiger partial charge is 0.393 e. The minimum atomic E-state index is -0.217. The Kier molecular flexibility index (Phi) is 2.94. The van der Waals surface area contributed by atoms with E-state index >= 15 is 0 Å². The van der Waals surface area contributed by atoms with Crippen LogP contribution in [0.3, 0.4) is 0 Å². The molecule has 70 valence electrons. The molecule has 1 heteroatoms. The Morgan fingerprint density at radius 3 is 2.58 bits per heavy atom. The minimum absolute atomic E-state index is 0.0386. The third-order valence-electron chi connectivity index (χ3n) is 3.29. The molecule has 1 N–H and O–H groups in total. The molecular formula is C11H20O. The quantitative estimate of drug-likeness (QED) is 0.629. The predicted octanol–water partition coefficient (Wildman–Crippen LogP) is 2.75. The van der Waals surface area contributed by atoms with Crippen LogP contribution in [0.2, 0.25) is 0 Å². The molecule has 0 bridgehead atoms. The van der Waals surface area contributed by atoms with Gasteiger partial charge in [-0.3, -0.25) is 0 Å². The molecule has 0 spiro atoms. The Bertz CT molecular complexity index is 168. The molecule has 1 aliphatic carbocycles. The number of hydrogen-bond acceptors (Lipinski definition) is 1. The first-order valence-electron chi connectivity index (χ1n) is 4.90. The van der Waals surface area contributed by atoms with Gasteiger partial charge in [-0.25, -0.2) is 0 Å². The van der Waals surface area contributed by atoms with Crippen molar-refractivity contribution < 1.29 is 5.11 Å². The normalized spacial score (nSPS) is 27.2. The fraction of sp³-hybridized carbons (Fsp3) is 0.818. The number of aliphatic hydroxyl groups is 1. The second-order valence-corrected chi connectivity index (χ2v) is 4.46. The number of aliphatic hydroxyl groups excluding tert-OH is 1. The lowest BCUT2D eigenvalue weighted by Crippen LogP contribution is -2.34. The van der Waals surface area contributed by atoms with E-state index in [0.717, 1.165) is 0 Å². The Labute approximate surface area is 75.5 Å². The summed E-state index contributed by atoms with van der Waals surface area (Å²) >= 11 is 0. The summed E-state index contributed by atoms with van der Waals surface area (Å²) in [6, 6.07) is 0. The van der Waals surface area contributed by atoms with Crippen LogP contribution in [-0.4, -0.2) is 11.2 Å². The van der Waals surface area contributed by atoms with Gasteiger partial charge in [0.15, 0.2) is 0 Å². The first-order valence-corrected chi connectivity index (χ1v) is 4.90. The van der Waals surface area contributed by atoms with E-state index in [1.54, 1.807) is 0 Å². The maximum atomic E-state index is 9.60. The molecule has 0 saturated heterocycles. The van der Waals surface area contributed by atoms with Crippen molar-refractivity contribution >= 4 is 0 Å². The Hall–Kier alpha value is -0.300. The van der Waals surface area contributed by atoms with E-state index in [4.69, 9.17) is 0 Å². The molecule has 0 aliphatic heterocycles. The lowest BCUT2D eigenvalue weighted by atomic mass is 9.71. The van der Waals surface area contributed by atoms with Gasteiger partial charge < -0.3 is 5.11 Å². The summed E-state index contributed by atoms with van der Waals surface area (Å²) in [5.41, 5.74) is 0.0386. The molecule has 0 aromatic rings. The second kappa shape index (κ2) is 3.61. The van der Waals surface area contributed by atoms with Crippen molar-refractivity contribution in [2.24, 2.45) is 11.3 Å². The fourth-order valence-corrected chi connectivity index (χ4v) is 1.74. The summed E-state index contributed by atoms with van der Waals surface area (Å²) in [5, 5.41) is 9.60. The van der Waals surface area contributed by atoms with Gasteiger partial charge in [-0.2, -0.15) is 0 Å². The van der Waals surface area contributed by atoms with Gasteiger partial charge in [0.2, 0.25) is 0 Å². The Morgan fingerprint density at radius 2 is 2.17 bits per heavy atom. The molecule has 12 heavy (non-hydrogen) atoms. The van der Waals surface area contributed by atoms with E-state index < -0.39 is 0 Å². The van der Waals surface area contributed by atoms with Crippen LogP contribution in [0.5, 0.6) is 0 Å². The van der Waals surface area contributed by atoms with Crippen molar-refractivity contribution in [2.45, 2.75) is 46.1 Å². The van der Waals surface area contributed by atoms with Gasteiger partial charge in [0.05, 0.1) is 6.10 Å². The summed E-state index contributed by atoms with van der Waals surface area (Å²) < 4.78 is 0. The average Bonchev–Trinajstić information content (AvgIpc) is 2.06. The molecule has 0 fully saturated rings. The van der Waals surface area contributed by atoms with E-state index in [0.29, 0.717) is 5.92 Å². The van der Waals surface area contributed by atoms with Crippen LogP contribution in [-0.2, 0) is 0 Å². The standard InChI is InChI=1S/C11H20O/c1-9(12)11(2,3)10-7-5-4-6-8-10/h5,7,9-10,12H,4,6,8H2,1-3H3. The highest BCUT2D eigenvalue weighted by Gasteiger charge is 2.32. The van der Waals surface area contributed by atoms with E-state index in [9.17, 15) is 5.11 Å². The van der Waals surface area contributed by atoms with E-state index in [-0.39, 0.29) is 11.5 Å². The SMILES string of the molecule is CC(O)C(C)(C)C1C=CCCC1. The molecule has 0 heterocycles. The Balaban J connectivity index is 2.66. The van der Waals surface area contributed by atoms with Gasteiger partial charge in [0.25, 0.3) is 0 Å². The van der Waals surface area contributed by atoms with Crippen LogP contribution >= 0.6 is 0 Å². The highest BCUT2D eigenvalue weighted by Crippen LogP contribution is 2.37. The monoisotopic (exact) mass is 168 g/mol. The first-order chi connectivity index (χ1) is 5.55. The molecule has 2 atom stereocenters. The molecule has 0 aromatic carbocycles. The second-order valence-electron chi connectivity index (χ2n) is 4.46.